The number of thioether (sulfide) groups is 1. The third-order valence-corrected chi connectivity index (χ3v) is 3.35. The predicted octanol–water partition coefficient (Wildman–Crippen LogP) is 3.27. The van der Waals surface area contributed by atoms with E-state index in [1.165, 1.54) is 6.26 Å². The summed E-state index contributed by atoms with van der Waals surface area (Å²) in [5, 5.41) is 7.63. The number of aromatic nitrogens is 2. The van der Waals surface area contributed by atoms with Crippen LogP contribution < -0.4 is 4.74 Å². The number of benzene rings is 1. The standard InChI is InChI=1S/C14H10N2O4S/c1-18-10-5-2-4-9(8-10)12-15-16-14(20-12)21-13(17)11-6-3-7-19-11/h2-8H,1H3. The Hall–Kier alpha value is -2.54. The highest BCUT2D eigenvalue weighted by atomic mass is 32.2. The van der Waals surface area contributed by atoms with E-state index in [1.807, 2.05) is 18.2 Å². The Morgan fingerprint density at radius 2 is 2.14 bits per heavy atom. The number of carbonyl (C=O) groups excluding carboxylic acids is 1. The second-order valence-electron chi connectivity index (χ2n) is 3.97. The first kappa shape index (κ1) is 13.4. The van der Waals surface area contributed by atoms with Gasteiger partial charge in [-0.3, -0.25) is 4.79 Å². The molecule has 7 heteroatoms. The third kappa shape index (κ3) is 2.97. The summed E-state index contributed by atoms with van der Waals surface area (Å²) in [6, 6.07) is 10.4. The summed E-state index contributed by atoms with van der Waals surface area (Å²) in [5.41, 5.74) is 0.721. The molecule has 0 atom stereocenters. The average molecular weight is 302 g/mol. The van der Waals surface area contributed by atoms with Gasteiger partial charge in [-0.1, -0.05) is 6.07 Å². The molecule has 2 heterocycles. The van der Waals surface area contributed by atoms with Gasteiger partial charge < -0.3 is 13.6 Å². The van der Waals surface area contributed by atoms with Gasteiger partial charge in [-0.05, 0) is 30.3 Å². The Kier molecular flexibility index (Phi) is 3.74. The molecule has 106 valence electrons. The summed E-state index contributed by atoms with van der Waals surface area (Å²) in [7, 11) is 1.58. The summed E-state index contributed by atoms with van der Waals surface area (Å²) in [6.45, 7) is 0. The molecule has 0 saturated carbocycles. The molecular formula is C14H10N2O4S. The lowest BCUT2D eigenvalue weighted by Crippen LogP contribution is -1.89. The predicted molar refractivity (Wildman–Crippen MR) is 75.2 cm³/mol. The normalized spacial score (nSPS) is 10.5. The van der Waals surface area contributed by atoms with E-state index in [1.54, 1.807) is 25.3 Å². The van der Waals surface area contributed by atoms with Crippen molar-refractivity contribution in [2.45, 2.75) is 5.22 Å². The minimum Gasteiger partial charge on any atom is -0.497 e. The highest BCUT2D eigenvalue weighted by molar-refractivity contribution is 8.13. The average Bonchev–Trinajstić information content (AvgIpc) is 3.18. The maximum absolute atomic E-state index is 11.8. The molecule has 0 aliphatic heterocycles. The first-order valence-corrected chi connectivity index (χ1v) is 6.81. The molecular weight excluding hydrogens is 292 g/mol. The molecule has 0 radical (unpaired) electrons. The zero-order chi connectivity index (χ0) is 14.7. The topological polar surface area (TPSA) is 78.4 Å². The van der Waals surface area contributed by atoms with Crippen LogP contribution in [0.1, 0.15) is 10.6 Å². The van der Waals surface area contributed by atoms with Crippen LogP contribution in [-0.2, 0) is 0 Å². The van der Waals surface area contributed by atoms with E-state index in [0.717, 1.165) is 17.3 Å². The minimum atomic E-state index is -0.291. The molecule has 3 aromatic rings. The molecule has 3 rings (SSSR count). The molecule has 0 saturated heterocycles. The number of hydrogen-bond acceptors (Lipinski definition) is 7. The van der Waals surface area contributed by atoms with Gasteiger partial charge in [-0.15, -0.1) is 10.2 Å². The maximum atomic E-state index is 11.8. The molecule has 1 aromatic carbocycles. The molecule has 2 aromatic heterocycles. The molecule has 0 N–H and O–H groups in total. The fraction of sp³-hybridized carbons (Fsp3) is 0.0714. The minimum absolute atomic E-state index is 0.161. The van der Waals surface area contributed by atoms with Crippen molar-refractivity contribution in [1.82, 2.24) is 10.2 Å². The number of nitrogens with zero attached hydrogens (tertiary/aromatic N) is 2. The van der Waals surface area contributed by atoms with E-state index in [4.69, 9.17) is 13.6 Å². The molecule has 6 nitrogen and oxygen atoms in total. The van der Waals surface area contributed by atoms with Gasteiger partial charge in [-0.2, -0.15) is 0 Å². The van der Waals surface area contributed by atoms with Crippen LogP contribution in [0.5, 0.6) is 5.75 Å². The van der Waals surface area contributed by atoms with Gasteiger partial charge >= 0.3 is 0 Å². The number of carbonyl (C=O) groups is 1. The summed E-state index contributed by atoms with van der Waals surface area (Å²) in [4.78, 5) is 11.8. The quantitative estimate of drug-likeness (QED) is 0.684. The highest BCUT2D eigenvalue weighted by Crippen LogP contribution is 2.27. The highest BCUT2D eigenvalue weighted by Gasteiger charge is 2.16. The second-order valence-corrected chi connectivity index (χ2v) is 4.90. The molecule has 21 heavy (non-hydrogen) atoms. The molecule has 0 aliphatic rings. The summed E-state index contributed by atoms with van der Waals surface area (Å²) < 4.78 is 15.6. The smallest absolute Gasteiger partial charge is 0.284 e. The molecule has 0 fully saturated rings. The van der Waals surface area contributed by atoms with Gasteiger partial charge in [0.2, 0.25) is 5.89 Å². The second kappa shape index (κ2) is 5.84. The van der Waals surface area contributed by atoms with Crippen LogP contribution in [0, 0.1) is 0 Å². The lowest BCUT2D eigenvalue weighted by molar-refractivity contribution is 0.106. The summed E-state index contributed by atoms with van der Waals surface area (Å²) in [6.07, 6.45) is 1.43. The summed E-state index contributed by atoms with van der Waals surface area (Å²) >= 11 is 0.823. The van der Waals surface area contributed by atoms with Crippen molar-refractivity contribution in [3.8, 4) is 17.2 Å². The zero-order valence-electron chi connectivity index (χ0n) is 11.0. The van der Waals surface area contributed by atoms with E-state index < -0.39 is 0 Å². The Morgan fingerprint density at radius 3 is 2.90 bits per heavy atom. The number of hydrogen-bond donors (Lipinski definition) is 0. The monoisotopic (exact) mass is 302 g/mol. The Bertz CT molecular complexity index is 752. The Morgan fingerprint density at radius 1 is 1.24 bits per heavy atom. The van der Waals surface area contributed by atoms with Crippen molar-refractivity contribution >= 4 is 16.9 Å². The Balaban J connectivity index is 1.78. The van der Waals surface area contributed by atoms with Crippen LogP contribution in [0.15, 0.2) is 56.7 Å². The van der Waals surface area contributed by atoms with E-state index in [-0.39, 0.29) is 16.1 Å². The van der Waals surface area contributed by atoms with Gasteiger partial charge in [0.15, 0.2) is 5.76 Å². The van der Waals surface area contributed by atoms with Crippen molar-refractivity contribution < 1.29 is 18.4 Å². The molecule has 0 aliphatic carbocycles. The van der Waals surface area contributed by atoms with Crippen LogP contribution in [0.25, 0.3) is 11.5 Å². The number of methoxy groups -OCH3 is 1. The van der Waals surface area contributed by atoms with Crippen molar-refractivity contribution in [3.63, 3.8) is 0 Å². The van der Waals surface area contributed by atoms with Crippen molar-refractivity contribution in [3.05, 3.63) is 48.4 Å². The van der Waals surface area contributed by atoms with Crippen molar-refractivity contribution in [2.75, 3.05) is 7.11 Å². The fourth-order valence-corrected chi connectivity index (χ4v) is 2.23. The fourth-order valence-electron chi connectivity index (χ4n) is 1.65. The largest absolute Gasteiger partial charge is 0.497 e. The van der Waals surface area contributed by atoms with Crippen molar-refractivity contribution in [2.24, 2.45) is 0 Å². The molecule has 0 bridgehead atoms. The van der Waals surface area contributed by atoms with Crippen LogP contribution in [0.3, 0.4) is 0 Å². The van der Waals surface area contributed by atoms with Gasteiger partial charge in [0.25, 0.3) is 10.3 Å². The van der Waals surface area contributed by atoms with Crippen LogP contribution in [-0.4, -0.2) is 22.4 Å². The van der Waals surface area contributed by atoms with Crippen molar-refractivity contribution in [1.29, 1.82) is 0 Å². The van der Waals surface area contributed by atoms with Crippen LogP contribution in [0.2, 0.25) is 0 Å². The lowest BCUT2D eigenvalue weighted by atomic mass is 10.2. The van der Waals surface area contributed by atoms with E-state index >= 15 is 0 Å². The first-order chi connectivity index (χ1) is 10.3. The molecule has 0 unspecified atom stereocenters. The molecule has 0 amide bonds. The molecule has 0 spiro atoms. The first-order valence-electron chi connectivity index (χ1n) is 6.00. The van der Waals surface area contributed by atoms with Gasteiger partial charge in [0.1, 0.15) is 5.75 Å². The maximum Gasteiger partial charge on any atom is 0.284 e. The van der Waals surface area contributed by atoms with E-state index in [2.05, 4.69) is 10.2 Å². The number of furan rings is 1. The van der Waals surface area contributed by atoms with Gasteiger partial charge in [0, 0.05) is 17.3 Å². The van der Waals surface area contributed by atoms with Gasteiger partial charge in [0.05, 0.1) is 13.4 Å². The lowest BCUT2D eigenvalue weighted by Gasteiger charge is -1.99. The van der Waals surface area contributed by atoms with Gasteiger partial charge in [-0.25, -0.2) is 0 Å². The van der Waals surface area contributed by atoms with E-state index in [9.17, 15) is 4.79 Å². The number of ether oxygens (including phenoxy) is 1. The zero-order valence-corrected chi connectivity index (χ0v) is 11.8. The number of rotatable bonds is 4. The van der Waals surface area contributed by atoms with E-state index in [0.29, 0.717) is 11.6 Å². The summed E-state index contributed by atoms with van der Waals surface area (Å²) in [5.74, 6) is 1.25. The third-order valence-electron chi connectivity index (χ3n) is 2.63. The Labute approximate surface area is 124 Å². The SMILES string of the molecule is COc1cccc(-c2nnc(SC(=O)c3ccco3)o2)c1. The van der Waals surface area contributed by atoms with Crippen LogP contribution >= 0.6 is 11.8 Å². The van der Waals surface area contributed by atoms with Crippen LogP contribution in [0.4, 0.5) is 0 Å².